The maximum atomic E-state index is 11.6. The van der Waals surface area contributed by atoms with Crippen LogP contribution in [0.15, 0.2) is 24.3 Å². The van der Waals surface area contributed by atoms with Gasteiger partial charge in [-0.25, -0.2) is 4.79 Å². The van der Waals surface area contributed by atoms with Crippen LogP contribution in [0.2, 0.25) is 0 Å². The molecule has 1 heterocycles. The van der Waals surface area contributed by atoms with Crippen LogP contribution in [-0.2, 0) is 14.2 Å². The summed E-state index contributed by atoms with van der Waals surface area (Å²) in [4.78, 5) is 11.6. The summed E-state index contributed by atoms with van der Waals surface area (Å²) in [5.41, 5.74) is -0.179. The smallest absolute Gasteiger partial charge is 0.407 e. The van der Waals surface area contributed by atoms with E-state index in [-0.39, 0.29) is 17.3 Å². The van der Waals surface area contributed by atoms with Gasteiger partial charge in [0.1, 0.15) is 17.5 Å². The van der Waals surface area contributed by atoms with Gasteiger partial charge in [-0.15, -0.1) is 0 Å². The zero-order valence-electron chi connectivity index (χ0n) is 18.3. The van der Waals surface area contributed by atoms with E-state index in [1.165, 1.54) is 0 Å². The average molecular weight is 394 g/mol. The first-order valence-corrected chi connectivity index (χ1v) is 9.91. The van der Waals surface area contributed by atoms with Crippen LogP contribution < -0.4 is 10.1 Å². The van der Waals surface area contributed by atoms with Crippen LogP contribution in [0.5, 0.6) is 5.75 Å². The number of carbonyl (C=O) groups excluding carboxylic acids is 1. The fourth-order valence-electron chi connectivity index (χ4n) is 2.73. The topological polar surface area (TPSA) is 66.0 Å². The van der Waals surface area contributed by atoms with Crippen molar-refractivity contribution in [1.29, 1.82) is 0 Å². The molecule has 0 radical (unpaired) electrons. The zero-order chi connectivity index (χ0) is 21.0. The molecule has 2 rings (SSSR count). The molecular weight excluding hydrogens is 358 g/mol. The second kappa shape index (κ2) is 8.70. The second-order valence-corrected chi connectivity index (χ2v) is 9.14. The van der Waals surface area contributed by atoms with Crippen molar-refractivity contribution in [3.63, 3.8) is 0 Å². The number of alkyl carbamates (subject to hydrolysis) is 1. The minimum atomic E-state index is -0.490. The number of carbonyl (C=O) groups is 1. The van der Waals surface area contributed by atoms with E-state index in [2.05, 4.69) is 19.2 Å². The second-order valence-electron chi connectivity index (χ2n) is 9.14. The molecule has 1 aliphatic rings. The highest BCUT2D eigenvalue weighted by Gasteiger charge is 2.45. The van der Waals surface area contributed by atoms with Gasteiger partial charge in [0.2, 0.25) is 0 Å². The quantitative estimate of drug-likeness (QED) is 0.714. The highest BCUT2D eigenvalue weighted by atomic mass is 16.6. The number of hydrogen-bond donors (Lipinski definition) is 1. The lowest BCUT2D eigenvalue weighted by Crippen LogP contribution is -2.54. The van der Waals surface area contributed by atoms with Crippen molar-refractivity contribution in [3.8, 4) is 5.75 Å². The Hall–Kier alpha value is -1.79. The summed E-state index contributed by atoms with van der Waals surface area (Å²) >= 11 is 0. The van der Waals surface area contributed by atoms with E-state index in [4.69, 9.17) is 18.9 Å². The van der Waals surface area contributed by atoms with Crippen LogP contribution in [0, 0.1) is 0 Å². The summed E-state index contributed by atoms with van der Waals surface area (Å²) in [5.74, 6) is 0.779. The Morgan fingerprint density at radius 1 is 1.21 bits per heavy atom. The predicted molar refractivity (Wildman–Crippen MR) is 109 cm³/mol. The third-order valence-corrected chi connectivity index (χ3v) is 4.97. The summed E-state index contributed by atoms with van der Waals surface area (Å²) in [6.07, 6.45) is 0.156. The van der Waals surface area contributed by atoms with Gasteiger partial charge in [-0.1, -0.05) is 12.1 Å². The number of amides is 1. The van der Waals surface area contributed by atoms with Gasteiger partial charge in [0, 0.05) is 6.54 Å². The summed E-state index contributed by atoms with van der Waals surface area (Å²) in [5, 5.41) is 2.73. The monoisotopic (exact) mass is 393 g/mol. The van der Waals surface area contributed by atoms with E-state index in [0.717, 1.165) is 11.3 Å². The van der Waals surface area contributed by atoms with Crippen molar-refractivity contribution in [2.75, 3.05) is 19.8 Å². The third kappa shape index (κ3) is 6.38. The van der Waals surface area contributed by atoms with Crippen molar-refractivity contribution in [3.05, 3.63) is 29.8 Å². The van der Waals surface area contributed by atoms with Crippen LogP contribution in [0.1, 0.15) is 66.6 Å². The van der Waals surface area contributed by atoms with E-state index >= 15 is 0 Å². The van der Waals surface area contributed by atoms with Crippen molar-refractivity contribution in [1.82, 2.24) is 5.32 Å². The first-order valence-electron chi connectivity index (χ1n) is 9.91. The predicted octanol–water partition coefficient (Wildman–Crippen LogP) is 4.63. The lowest BCUT2D eigenvalue weighted by atomic mass is 9.87. The molecule has 0 aliphatic carbocycles. The van der Waals surface area contributed by atoms with Gasteiger partial charge in [-0.05, 0) is 72.6 Å². The van der Waals surface area contributed by atoms with Crippen molar-refractivity contribution < 1.29 is 23.7 Å². The Morgan fingerprint density at radius 3 is 2.57 bits per heavy atom. The van der Waals surface area contributed by atoms with Gasteiger partial charge in [0.15, 0.2) is 0 Å². The van der Waals surface area contributed by atoms with Gasteiger partial charge in [0.25, 0.3) is 0 Å². The standard InChI is InChI=1S/C22H35NO5/c1-20(2,3)28-19(24)23-12-9-13-25-17-11-8-10-16(14-17)18-15-26-21(4,5)22(6,7)27-18/h8,10-11,14,18H,9,12-13,15H2,1-7H3,(H,23,24). The van der Waals surface area contributed by atoms with Crippen LogP contribution in [0.3, 0.4) is 0 Å². The molecular formula is C22H35NO5. The molecule has 1 aromatic carbocycles. The van der Waals surface area contributed by atoms with E-state index in [0.29, 0.717) is 26.2 Å². The number of hydrogen-bond acceptors (Lipinski definition) is 5. The molecule has 1 fully saturated rings. The molecule has 1 atom stereocenters. The Morgan fingerprint density at radius 2 is 1.93 bits per heavy atom. The fraction of sp³-hybridized carbons (Fsp3) is 0.682. The number of ether oxygens (including phenoxy) is 4. The molecule has 6 nitrogen and oxygen atoms in total. The summed E-state index contributed by atoms with van der Waals surface area (Å²) in [6, 6.07) is 7.90. The highest BCUT2D eigenvalue weighted by Crippen LogP contribution is 2.40. The lowest BCUT2D eigenvalue weighted by Gasteiger charge is -2.48. The Kier molecular flexibility index (Phi) is 6.99. The molecule has 0 spiro atoms. The van der Waals surface area contributed by atoms with Crippen LogP contribution in [0.4, 0.5) is 4.79 Å². The van der Waals surface area contributed by atoms with Gasteiger partial charge in [0.05, 0.1) is 24.4 Å². The van der Waals surface area contributed by atoms with Gasteiger partial charge >= 0.3 is 6.09 Å². The first-order chi connectivity index (χ1) is 12.9. The molecule has 1 aromatic rings. The minimum Gasteiger partial charge on any atom is -0.494 e. The normalized spacial score (nSPS) is 21.0. The average Bonchev–Trinajstić information content (AvgIpc) is 2.56. The lowest BCUT2D eigenvalue weighted by molar-refractivity contribution is -0.265. The Balaban J connectivity index is 1.80. The minimum absolute atomic E-state index is 0.125. The van der Waals surface area contributed by atoms with Gasteiger partial charge in [-0.3, -0.25) is 0 Å². The molecule has 158 valence electrons. The first kappa shape index (κ1) is 22.5. The molecule has 1 unspecified atom stereocenters. The summed E-state index contributed by atoms with van der Waals surface area (Å²) in [6.45, 7) is 15.2. The Labute approximate surface area is 168 Å². The van der Waals surface area contributed by atoms with E-state index in [9.17, 15) is 4.79 Å². The van der Waals surface area contributed by atoms with E-state index in [1.807, 2.05) is 58.9 Å². The fourth-order valence-corrected chi connectivity index (χ4v) is 2.73. The van der Waals surface area contributed by atoms with Crippen molar-refractivity contribution in [2.45, 2.75) is 77.8 Å². The maximum Gasteiger partial charge on any atom is 0.407 e. The van der Waals surface area contributed by atoms with Crippen LogP contribution in [0.25, 0.3) is 0 Å². The molecule has 0 bridgehead atoms. The van der Waals surface area contributed by atoms with Crippen LogP contribution in [-0.4, -0.2) is 42.7 Å². The number of benzene rings is 1. The third-order valence-electron chi connectivity index (χ3n) is 4.97. The van der Waals surface area contributed by atoms with Crippen molar-refractivity contribution in [2.24, 2.45) is 0 Å². The molecule has 6 heteroatoms. The molecule has 1 amide bonds. The molecule has 28 heavy (non-hydrogen) atoms. The van der Waals surface area contributed by atoms with E-state index < -0.39 is 11.7 Å². The van der Waals surface area contributed by atoms with Gasteiger partial charge in [-0.2, -0.15) is 0 Å². The SMILES string of the molecule is CC(C)(C)OC(=O)NCCCOc1cccc(C2COC(C)(C)C(C)(C)O2)c1. The van der Waals surface area contributed by atoms with Crippen molar-refractivity contribution >= 4 is 6.09 Å². The largest absolute Gasteiger partial charge is 0.494 e. The molecule has 1 N–H and O–H groups in total. The number of rotatable bonds is 6. The molecule has 0 saturated carbocycles. The molecule has 1 aliphatic heterocycles. The highest BCUT2D eigenvalue weighted by molar-refractivity contribution is 5.67. The summed E-state index contributed by atoms with van der Waals surface area (Å²) in [7, 11) is 0. The van der Waals surface area contributed by atoms with Crippen LogP contribution >= 0.6 is 0 Å². The molecule has 1 saturated heterocycles. The zero-order valence-corrected chi connectivity index (χ0v) is 18.3. The van der Waals surface area contributed by atoms with Gasteiger partial charge < -0.3 is 24.3 Å². The Bertz CT molecular complexity index is 663. The van der Waals surface area contributed by atoms with E-state index in [1.54, 1.807) is 0 Å². The summed E-state index contributed by atoms with van der Waals surface area (Å²) < 4.78 is 23.4. The number of nitrogens with one attached hydrogen (secondary N) is 1. The molecule has 0 aromatic heterocycles. The maximum absolute atomic E-state index is 11.6.